The van der Waals surface area contributed by atoms with Crippen LogP contribution >= 0.6 is 46.4 Å². The van der Waals surface area contributed by atoms with Crippen molar-refractivity contribution in [3.05, 3.63) is 44.0 Å². The second-order valence-corrected chi connectivity index (χ2v) is 5.78. The van der Waals surface area contributed by atoms with E-state index in [-0.39, 0.29) is 16.0 Å². The molecule has 0 aliphatic heterocycles. The van der Waals surface area contributed by atoms with Gasteiger partial charge in [-0.3, -0.25) is 5.43 Å². The summed E-state index contributed by atoms with van der Waals surface area (Å²) in [6.07, 6.45) is 1.52. The predicted octanol–water partition coefficient (Wildman–Crippen LogP) is 5.16. The number of hydrogen-bond donors (Lipinski definition) is 1. The van der Waals surface area contributed by atoms with Crippen LogP contribution in [0.3, 0.4) is 0 Å². The molecule has 0 aliphatic rings. The molecule has 1 heterocycles. The van der Waals surface area contributed by atoms with E-state index in [1.54, 1.807) is 12.1 Å². The number of aromatic nitrogens is 1. The summed E-state index contributed by atoms with van der Waals surface area (Å²) < 4.78 is 10.4. The summed E-state index contributed by atoms with van der Waals surface area (Å²) in [6.45, 7) is 0. The van der Waals surface area contributed by atoms with Crippen molar-refractivity contribution >= 4 is 58.4 Å². The topological polar surface area (TPSA) is 55.7 Å². The Morgan fingerprint density at radius 2 is 1.74 bits per heavy atom. The first-order valence-corrected chi connectivity index (χ1v) is 7.69. The average Bonchev–Trinajstić information content (AvgIpc) is 2.51. The van der Waals surface area contributed by atoms with Crippen molar-refractivity contribution in [2.45, 2.75) is 0 Å². The molecular weight excluding hydrogens is 384 g/mol. The fourth-order valence-corrected chi connectivity index (χ4v) is 2.54. The number of nitrogens with zero attached hydrogens (tertiary/aromatic N) is 2. The van der Waals surface area contributed by atoms with E-state index in [1.807, 2.05) is 0 Å². The lowest BCUT2D eigenvalue weighted by atomic mass is 10.2. The number of anilines is 1. The smallest absolute Gasteiger partial charge is 0.179 e. The zero-order valence-electron chi connectivity index (χ0n) is 12.0. The minimum Gasteiger partial charge on any atom is -0.493 e. The third-order valence-corrected chi connectivity index (χ3v) is 3.97. The number of hydrogen-bond acceptors (Lipinski definition) is 5. The highest BCUT2D eigenvalue weighted by Crippen LogP contribution is 2.35. The summed E-state index contributed by atoms with van der Waals surface area (Å²) in [7, 11) is 3.03. The Morgan fingerprint density at radius 1 is 1.00 bits per heavy atom. The first-order valence-electron chi connectivity index (χ1n) is 6.18. The molecule has 23 heavy (non-hydrogen) atoms. The molecule has 1 N–H and O–H groups in total. The number of hydrazone groups is 1. The van der Waals surface area contributed by atoms with Crippen LogP contribution in [0.5, 0.6) is 11.5 Å². The van der Waals surface area contributed by atoms with Gasteiger partial charge in [-0.2, -0.15) is 5.10 Å². The van der Waals surface area contributed by atoms with Gasteiger partial charge in [0.25, 0.3) is 0 Å². The Kier molecular flexibility index (Phi) is 6.18. The molecule has 122 valence electrons. The van der Waals surface area contributed by atoms with Gasteiger partial charge in [0.05, 0.1) is 35.5 Å². The van der Waals surface area contributed by atoms with Gasteiger partial charge in [-0.25, -0.2) is 4.98 Å². The number of nitrogens with one attached hydrogen (secondary N) is 1. The van der Waals surface area contributed by atoms with Crippen LogP contribution in [0.15, 0.2) is 23.3 Å². The molecule has 2 aromatic rings. The molecule has 0 fully saturated rings. The molecule has 0 atom stereocenters. The van der Waals surface area contributed by atoms with Crippen molar-refractivity contribution in [1.82, 2.24) is 4.98 Å². The Bertz CT molecular complexity index is 753. The van der Waals surface area contributed by atoms with Crippen molar-refractivity contribution in [3.63, 3.8) is 0 Å². The van der Waals surface area contributed by atoms with Crippen molar-refractivity contribution in [1.29, 1.82) is 0 Å². The standard InChI is InChI=1S/C14H11Cl4N3O2/c1-22-11-4-7(3-8(15)12(11)23-2)6-19-21-14-10(17)5-9(16)13(18)20-14/h3-6H,1-2H3,(H,20,21)/b19-6-. The predicted molar refractivity (Wildman–Crippen MR) is 95.0 cm³/mol. The number of ether oxygens (including phenoxy) is 2. The third-order valence-electron chi connectivity index (χ3n) is 2.73. The summed E-state index contributed by atoms with van der Waals surface area (Å²) in [5.74, 6) is 1.23. The van der Waals surface area contributed by atoms with Gasteiger partial charge in [-0.05, 0) is 23.8 Å². The van der Waals surface area contributed by atoms with Gasteiger partial charge in [0.15, 0.2) is 17.3 Å². The molecule has 0 radical (unpaired) electrons. The highest BCUT2D eigenvalue weighted by molar-refractivity contribution is 6.42. The molecule has 0 bridgehead atoms. The van der Waals surface area contributed by atoms with Gasteiger partial charge in [0.2, 0.25) is 0 Å². The maximum atomic E-state index is 6.12. The van der Waals surface area contributed by atoms with Crippen LogP contribution in [0.4, 0.5) is 5.82 Å². The van der Waals surface area contributed by atoms with Crippen LogP contribution in [0, 0.1) is 0 Å². The summed E-state index contributed by atoms with van der Waals surface area (Å²) in [6, 6.07) is 4.88. The zero-order chi connectivity index (χ0) is 17.0. The first-order chi connectivity index (χ1) is 11.0. The average molecular weight is 395 g/mol. The van der Waals surface area contributed by atoms with Gasteiger partial charge in [0.1, 0.15) is 5.15 Å². The van der Waals surface area contributed by atoms with Crippen molar-refractivity contribution in [2.75, 3.05) is 19.6 Å². The van der Waals surface area contributed by atoms with Gasteiger partial charge in [-0.15, -0.1) is 0 Å². The molecule has 1 aromatic carbocycles. The van der Waals surface area contributed by atoms with E-state index >= 15 is 0 Å². The van der Waals surface area contributed by atoms with Crippen LogP contribution in [-0.4, -0.2) is 25.4 Å². The summed E-state index contributed by atoms with van der Waals surface area (Å²) in [4.78, 5) is 3.99. The largest absolute Gasteiger partial charge is 0.493 e. The Hall–Kier alpha value is -1.40. The molecule has 0 unspecified atom stereocenters. The minimum absolute atomic E-state index is 0.128. The number of methoxy groups -OCH3 is 2. The van der Waals surface area contributed by atoms with E-state index in [9.17, 15) is 0 Å². The highest BCUT2D eigenvalue weighted by Gasteiger charge is 2.10. The van der Waals surface area contributed by atoms with Gasteiger partial charge >= 0.3 is 0 Å². The minimum atomic E-state index is 0.128. The number of pyridine rings is 1. The van der Waals surface area contributed by atoms with Gasteiger partial charge < -0.3 is 9.47 Å². The van der Waals surface area contributed by atoms with Crippen LogP contribution < -0.4 is 14.9 Å². The molecule has 0 aliphatic carbocycles. The van der Waals surface area contributed by atoms with Crippen molar-refractivity contribution < 1.29 is 9.47 Å². The molecule has 0 spiro atoms. The highest BCUT2D eigenvalue weighted by atomic mass is 35.5. The Balaban J connectivity index is 2.21. The number of benzene rings is 1. The molecule has 5 nitrogen and oxygen atoms in total. The molecule has 0 saturated heterocycles. The van der Waals surface area contributed by atoms with Crippen molar-refractivity contribution in [2.24, 2.45) is 5.10 Å². The van der Waals surface area contributed by atoms with E-state index in [4.69, 9.17) is 55.9 Å². The van der Waals surface area contributed by atoms with Crippen LogP contribution in [0.1, 0.15) is 5.56 Å². The van der Waals surface area contributed by atoms with E-state index < -0.39 is 0 Å². The summed E-state index contributed by atoms with van der Waals surface area (Å²) >= 11 is 23.8. The maximum Gasteiger partial charge on any atom is 0.179 e. The zero-order valence-corrected chi connectivity index (χ0v) is 15.1. The third kappa shape index (κ3) is 4.32. The maximum absolute atomic E-state index is 6.12. The molecule has 1 aromatic heterocycles. The Morgan fingerprint density at radius 3 is 2.39 bits per heavy atom. The van der Waals surface area contributed by atoms with Gasteiger partial charge in [0, 0.05) is 0 Å². The lowest BCUT2D eigenvalue weighted by Crippen LogP contribution is -1.97. The second-order valence-electron chi connectivity index (χ2n) is 4.20. The summed E-state index contributed by atoms with van der Waals surface area (Å²) in [5.41, 5.74) is 3.37. The molecule has 0 saturated carbocycles. The van der Waals surface area contributed by atoms with Crippen LogP contribution in [0.2, 0.25) is 20.2 Å². The van der Waals surface area contributed by atoms with Gasteiger partial charge in [-0.1, -0.05) is 46.4 Å². The van der Waals surface area contributed by atoms with Crippen LogP contribution in [-0.2, 0) is 0 Å². The first kappa shape index (κ1) is 17.9. The van der Waals surface area contributed by atoms with E-state index in [0.717, 1.165) is 0 Å². The number of halogens is 4. The molecule has 2 rings (SSSR count). The SMILES string of the molecule is COc1cc(/C=N\Nc2nc(Cl)c(Cl)cc2Cl)cc(Cl)c1OC. The second kappa shape index (κ2) is 7.93. The summed E-state index contributed by atoms with van der Waals surface area (Å²) in [5, 5.41) is 5.12. The quantitative estimate of drug-likeness (QED) is 0.432. The lowest BCUT2D eigenvalue weighted by molar-refractivity contribution is 0.355. The van der Waals surface area contributed by atoms with E-state index in [1.165, 1.54) is 26.5 Å². The monoisotopic (exact) mass is 393 g/mol. The lowest BCUT2D eigenvalue weighted by Gasteiger charge is -2.10. The molecular formula is C14H11Cl4N3O2. The Labute approximate surface area is 153 Å². The fraction of sp³-hybridized carbons (Fsp3) is 0.143. The van der Waals surface area contributed by atoms with E-state index in [2.05, 4.69) is 15.5 Å². The molecule has 9 heteroatoms. The van der Waals surface area contributed by atoms with Crippen LogP contribution in [0.25, 0.3) is 0 Å². The molecule has 0 amide bonds. The fourth-order valence-electron chi connectivity index (χ4n) is 1.70. The number of rotatable bonds is 5. The van der Waals surface area contributed by atoms with Crippen molar-refractivity contribution in [3.8, 4) is 11.5 Å². The van der Waals surface area contributed by atoms with E-state index in [0.29, 0.717) is 27.1 Å². The normalized spacial score (nSPS) is 10.9.